The van der Waals surface area contributed by atoms with Gasteiger partial charge in [0.2, 0.25) is 5.91 Å². The SMILES string of the molecule is COc1ccc(C(=O)NC[C@H]2CC(=O)N(c3ccccc3)C2)c(OC)c1. The van der Waals surface area contributed by atoms with Gasteiger partial charge in [-0.15, -0.1) is 0 Å². The number of anilines is 1. The van der Waals surface area contributed by atoms with Crippen molar-refractivity contribution in [1.82, 2.24) is 5.32 Å². The molecule has 6 heteroatoms. The third-order valence-electron chi connectivity index (χ3n) is 4.48. The van der Waals surface area contributed by atoms with Gasteiger partial charge in [-0.1, -0.05) is 18.2 Å². The first kappa shape index (κ1) is 17.8. The van der Waals surface area contributed by atoms with E-state index in [9.17, 15) is 9.59 Å². The van der Waals surface area contributed by atoms with Crippen molar-refractivity contribution in [3.05, 3.63) is 54.1 Å². The molecule has 0 unspecified atom stereocenters. The van der Waals surface area contributed by atoms with E-state index in [4.69, 9.17) is 9.47 Å². The minimum atomic E-state index is -0.227. The first-order chi connectivity index (χ1) is 12.6. The molecule has 1 fully saturated rings. The summed E-state index contributed by atoms with van der Waals surface area (Å²) in [6.45, 7) is 1.03. The lowest BCUT2D eigenvalue weighted by molar-refractivity contribution is -0.117. The molecule has 6 nitrogen and oxygen atoms in total. The zero-order chi connectivity index (χ0) is 18.5. The number of ether oxygens (including phenoxy) is 2. The minimum Gasteiger partial charge on any atom is -0.497 e. The summed E-state index contributed by atoms with van der Waals surface area (Å²) < 4.78 is 10.4. The smallest absolute Gasteiger partial charge is 0.255 e. The van der Waals surface area contributed by atoms with Crippen molar-refractivity contribution >= 4 is 17.5 Å². The maximum Gasteiger partial charge on any atom is 0.255 e. The van der Waals surface area contributed by atoms with E-state index in [1.54, 1.807) is 30.2 Å². The van der Waals surface area contributed by atoms with Crippen LogP contribution in [0, 0.1) is 5.92 Å². The molecular weight excluding hydrogens is 332 g/mol. The second-order valence-corrected chi connectivity index (χ2v) is 6.19. The molecule has 1 aliphatic rings. The normalized spacial score (nSPS) is 16.5. The van der Waals surface area contributed by atoms with Crippen LogP contribution < -0.4 is 19.7 Å². The van der Waals surface area contributed by atoms with Gasteiger partial charge in [-0.05, 0) is 24.3 Å². The maximum absolute atomic E-state index is 12.5. The highest BCUT2D eigenvalue weighted by atomic mass is 16.5. The van der Waals surface area contributed by atoms with E-state index >= 15 is 0 Å². The predicted molar refractivity (Wildman–Crippen MR) is 98.8 cm³/mol. The van der Waals surface area contributed by atoms with Gasteiger partial charge in [-0.2, -0.15) is 0 Å². The number of hydrogen-bond acceptors (Lipinski definition) is 4. The quantitative estimate of drug-likeness (QED) is 0.865. The molecule has 1 heterocycles. The van der Waals surface area contributed by atoms with Gasteiger partial charge in [-0.3, -0.25) is 9.59 Å². The Morgan fingerprint density at radius 2 is 1.92 bits per heavy atom. The maximum atomic E-state index is 12.5. The van der Waals surface area contributed by atoms with Gasteiger partial charge in [0.25, 0.3) is 5.91 Å². The van der Waals surface area contributed by atoms with E-state index in [2.05, 4.69) is 5.32 Å². The van der Waals surface area contributed by atoms with Crippen LogP contribution in [0.4, 0.5) is 5.69 Å². The number of amides is 2. The Kier molecular flexibility index (Phi) is 5.41. The topological polar surface area (TPSA) is 67.9 Å². The molecule has 2 amide bonds. The summed E-state index contributed by atoms with van der Waals surface area (Å²) in [6.07, 6.45) is 0.426. The predicted octanol–water partition coefficient (Wildman–Crippen LogP) is 2.49. The van der Waals surface area contributed by atoms with E-state index < -0.39 is 0 Å². The molecule has 1 aliphatic heterocycles. The van der Waals surface area contributed by atoms with Crippen molar-refractivity contribution in [3.63, 3.8) is 0 Å². The Hall–Kier alpha value is -3.02. The fraction of sp³-hybridized carbons (Fsp3) is 0.300. The van der Waals surface area contributed by atoms with Crippen molar-refractivity contribution in [2.24, 2.45) is 5.92 Å². The first-order valence-corrected chi connectivity index (χ1v) is 8.48. The molecule has 26 heavy (non-hydrogen) atoms. The summed E-state index contributed by atoms with van der Waals surface area (Å²) in [4.78, 5) is 26.5. The lowest BCUT2D eigenvalue weighted by Crippen LogP contribution is -2.31. The van der Waals surface area contributed by atoms with Gasteiger partial charge in [0.05, 0.1) is 19.8 Å². The monoisotopic (exact) mass is 354 g/mol. The zero-order valence-corrected chi connectivity index (χ0v) is 14.9. The Morgan fingerprint density at radius 1 is 1.15 bits per heavy atom. The Morgan fingerprint density at radius 3 is 2.62 bits per heavy atom. The van der Waals surface area contributed by atoms with Crippen molar-refractivity contribution in [2.45, 2.75) is 6.42 Å². The average Bonchev–Trinajstić information content (AvgIpc) is 3.06. The van der Waals surface area contributed by atoms with Crippen LogP contribution in [-0.2, 0) is 4.79 Å². The van der Waals surface area contributed by atoms with Crippen LogP contribution in [0.3, 0.4) is 0 Å². The van der Waals surface area contributed by atoms with Crippen molar-refractivity contribution in [2.75, 3.05) is 32.2 Å². The Balaban J connectivity index is 1.61. The Bertz CT molecular complexity index is 792. The molecule has 136 valence electrons. The van der Waals surface area contributed by atoms with Gasteiger partial charge >= 0.3 is 0 Å². The first-order valence-electron chi connectivity index (χ1n) is 8.48. The summed E-state index contributed by atoms with van der Waals surface area (Å²) in [5, 5.41) is 2.91. The summed E-state index contributed by atoms with van der Waals surface area (Å²) in [5.41, 5.74) is 1.33. The second kappa shape index (κ2) is 7.91. The highest BCUT2D eigenvalue weighted by Crippen LogP contribution is 2.26. The summed E-state index contributed by atoms with van der Waals surface area (Å²) in [5.74, 6) is 1.01. The molecule has 1 saturated heterocycles. The molecule has 0 radical (unpaired) electrons. The van der Waals surface area contributed by atoms with Gasteiger partial charge in [0.1, 0.15) is 11.5 Å². The van der Waals surface area contributed by atoms with Gasteiger partial charge in [0, 0.05) is 37.2 Å². The summed E-state index contributed by atoms with van der Waals surface area (Å²) >= 11 is 0. The Labute approximate surface area is 152 Å². The molecule has 3 rings (SSSR count). The van der Waals surface area contributed by atoms with E-state index in [1.807, 2.05) is 30.3 Å². The van der Waals surface area contributed by atoms with Crippen molar-refractivity contribution in [3.8, 4) is 11.5 Å². The molecule has 1 N–H and O–H groups in total. The van der Waals surface area contributed by atoms with Crippen LogP contribution in [0.2, 0.25) is 0 Å². The lowest BCUT2D eigenvalue weighted by Gasteiger charge is -2.17. The largest absolute Gasteiger partial charge is 0.497 e. The summed E-state index contributed by atoms with van der Waals surface area (Å²) in [7, 11) is 3.07. The number of carbonyl (C=O) groups excluding carboxylic acids is 2. The number of hydrogen-bond donors (Lipinski definition) is 1. The van der Waals surface area contributed by atoms with Crippen LogP contribution in [-0.4, -0.2) is 39.1 Å². The number of nitrogens with one attached hydrogen (secondary N) is 1. The highest BCUT2D eigenvalue weighted by Gasteiger charge is 2.30. The molecule has 2 aromatic carbocycles. The van der Waals surface area contributed by atoms with E-state index in [0.29, 0.717) is 36.6 Å². The van der Waals surface area contributed by atoms with Crippen LogP contribution in [0.15, 0.2) is 48.5 Å². The van der Waals surface area contributed by atoms with Gasteiger partial charge < -0.3 is 19.7 Å². The second-order valence-electron chi connectivity index (χ2n) is 6.19. The molecule has 0 aromatic heterocycles. The number of methoxy groups -OCH3 is 2. The number of para-hydroxylation sites is 1. The number of rotatable bonds is 6. The van der Waals surface area contributed by atoms with Crippen LogP contribution >= 0.6 is 0 Å². The van der Waals surface area contributed by atoms with E-state index in [1.165, 1.54) is 7.11 Å². The molecule has 0 spiro atoms. The summed E-state index contributed by atoms with van der Waals surface area (Å²) in [6, 6.07) is 14.6. The number of nitrogens with zero attached hydrogens (tertiary/aromatic N) is 1. The minimum absolute atomic E-state index is 0.0795. The molecule has 0 bridgehead atoms. The van der Waals surface area contributed by atoms with Crippen molar-refractivity contribution < 1.29 is 19.1 Å². The van der Waals surface area contributed by atoms with E-state index in [-0.39, 0.29) is 17.7 Å². The van der Waals surface area contributed by atoms with Gasteiger partial charge in [-0.25, -0.2) is 0 Å². The average molecular weight is 354 g/mol. The molecule has 0 saturated carbocycles. The van der Waals surface area contributed by atoms with Crippen LogP contribution in [0.1, 0.15) is 16.8 Å². The third kappa shape index (κ3) is 3.79. The number of carbonyl (C=O) groups is 2. The zero-order valence-electron chi connectivity index (χ0n) is 14.9. The molecular formula is C20H22N2O4. The van der Waals surface area contributed by atoms with Crippen LogP contribution in [0.25, 0.3) is 0 Å². The molecule has 0 aliphatic carbocycles. The van der Waals surface area contributed by atoms with Gasteiger partial charge in [0.15, 0.2) is 0 Å². The van der Waals surface area contributed by atoms with Crippen LogP contribution in [0.5, 0.6) is 11.5 Å². The fourth-order valence-electron chi connectivity index (χ4n) is 3.09. The standard InChI is InChI=1S/C20H22N2O4/c1-25-16-8-9-17(18(11-16)26-2)20(24)21-12-14-10-19(23)22(13-14)15-6-4-3-5-7-15/h3-9,11,14H,10,12-13H2,1-2H3,(H,21,24)/t14-/m1/s1. The molecule has 1 atom stereocenters. The number of benzene rings is 2. The van der Waals surface area contributed by atoms with Crippen molar-refractivity contribution in [1.29, 1.82) is 0 Å². The third-order valence-corrected chi connectivity index (χ3v) is 4.48. The fourth-order valence-corrected chi connectivity index (χ4v) is 3.09. The lowest BCUT2D eigenvalue weighted by atomic mass is 10.1. The van der Waals surface area contributed by atoms with E-state index in [0.717, 1.165) is 5.69 Å². The highest BCUT2D eigenvalue weighted by molar-refractivity contribution is 5.98. The molecule has 2 aromatic rings.